The SMILES string of the molecule is COc1ccc(C2CCN(CC(=O)N(CC(C)C)C(C)C)C2)nc1. The number of pyridine rings is 1. The number of aromatic nitrogens is 1. The Kier molecular flexibility index (Phi) is 6.60. The van der Waals surface area contributed by atoms with E-state index in [9.17, 15) is 4.79 Å². The standard InChI is InChI=1S/C19H31N3O2/c1-14(2)11-22(15(3)4)19(23)13-21-9-8-16(12-21)18-7-6-17(24-5)10-20-18/h6-7,10,14-16H,8-9,11-13H2,1-5H3. The zero-order valence-corrected chi connectivity index (χ0v) is 15.7. The molecular formula is C19H31N3O2. The second-order valence-corrected chi connectivity index (χ2v) is 7.38. The number of ether oxygens (including phenoxy) is 1. The largest absolute Gasteiger partial charge is 0.495 e. The molecule has 1 aromatic heterocycles. The Morgan fingerprint density at radius 2 is 2.12 bits per heavy atom. The van der Waals surface area contributed by atoms with Gasteiger partial charge in [0.15, 0.2) is 0 Å². The summed E-state index contributed by atoms with van der Waals surface area (Å²) in [5.41, 5.74) is 1.09. The lowest BCUT2D eigenvalue weighted by Gasteiger charge is -2.30. The summed E-state index contributed by atoms with van der Waals surface area (Å²) < 4.78 is 5.16. The van der Waals surface area contributed by atoms with Crippen LogP contribution in [-0.2, 0) is 4.79 Å². The first kappa shape index (κ1) is 18.7. The van der Waals surface area contributed by atoms with Gasteiger partial charge in [-0.25, -0.2) is 0 Å². The van der Waals surface area contributed by atoms with Gasteiger partial charge in [-0.05, 0) is 44.9 Å². The van der Waals surface area contributed by atoms with Crippen LogP contribution in [0.25, 0.3) is 0 Å². The second-order valence-electron chi connectivity index (χ2n) is 7.38. The van der Waals surface area contributed by atoms with Gasteiger partial charge in [-0.1, -0.05) is 13.8 Å². The molecule has 1 aliphatic rings. The molecule has 1 atom stereocenters. The van der Waals surface area contributed by atoms with Gasteiger partial charge < -0.3 is 9.64 Å². The first-order chi connectivity index (χ1) is 11.4. The molecule has 2 rings (SSSR count). The lowest BCUT2D eigenvalue weighted by atomic mass is 10.0. The van der Waals surface area contributed by atoms with E-state index in [2.05, 4.69) is 37.6 Å². The Morgan fingerprint density at radius 1 is 1.38 bits per heavy atom. The van der Waals surface area contributed by atoms with Crippen molar-refractivity contribution in [3.63, 3.8) is 0 Å². The molecule has 0 saturated carbocycles. The minimum atomic E-state index is 0.238. The monoisotopic (exact) mass is 333 g/mol. The van der Waals surface area contributed by atoms with Crippen molar-refractivity contribution in [2.24, 2.45) is 5.92 Å². The summed E-state index contributed by atoms with van der Waals surface area (Å²) in [5, 5.41) is 0. The highest BCUT2D eigenvalue weighted by atomic mass is 16.5. The molecule has 1 aliphatic heterocycles. The average molecular weight is 333 g/mol. The lowest BCUT2D eigenvalue weighted by Crippen LogP contribution is -2.44. The van der Waals surface area contributed by atoms with Gasteiger partial charge in [0.2, 0.25) is 5.91 Å². The molecule has 0 spiro atoms. The van der Waals surface area contributed by atoms with E-state index < -0.39 is 0 Å². The van der Waals surface area contributed by atoms with Crippen LogP contribution in [0.1, 0.15) is 45.7 Å². The van der Waals surface area contributed by atoms with Gasteiger partial charge in [0.25, 0.3) is 0 Å². The molecule has 0 bridgehead atoms. The highest BCUT2D eigenvalue weighted by molar-refractivity contribution is 5.78. The van der Waals surface area contributed by atoms with Crippen molar-refractivity contribution < 1.29 is 9.53 Å². The summed E-state index contributed by atoms with van der Waals surface area (Å²) in [6.45, 7) is 11.7. The molecule has 1 unspecified atom stereocenters. The van der Waals surface area contributed by atoms with Crippen LogP contribution in [0.5, 0.6) is 5.75 Å². The summed E-state index contributed by atoms with van der Waals surface area (Å²) >= 11 is 0. The molecule has 134 valence electrons. The zero-order valence-electron chi connectivity index (χ0n) is 15.7. The van der Waals surface area contributed by atoms with Gasteiger partial charge in [0.1, 0.15) is 5.75 Å². The van der Waals surface area contributed by atoms with Crippen molar-refractivity contribution >= 4 is 5.91 Å². The lowest BCUT2D eigenvalue weighted by molar-refractivity contribution is -0.134. The Hall–Kier alpha value is -1.62. The van der Waals surface area contributed by atoms with E-state index in [1.807, 2.05) is 17.0 Å². The van der Waals surface area contributed by atoms with Crippen LogP contribution in [0.4, 0.5) is 0 Å². The van der Waals surface area contributed by atoms with Crippen molar-refractivity contribution in [2.75, 3.05) is 33.3 Å². The van der Waals surface area contributed by atoms with Crippen LogP contribution in [0, 0.1) is 5.92 Å². The smallest absolute Gasteiger partial charge is 0.236 e. The van der Waals surface area contributed by atoms with Gasteiger partial charge in [-0.15, -0.1) is 0 Å². The quantitative estimate of drug-likeness (QED) is 0.770. The molecule has 24 heavy (non-hydrogen) atoms. The maximum absolute atomic E-state index is 12.7. The van der Waals surface area contributed by atoms with E-state index in [1.165, 1.54) is 0 Å². The highest BCUT2D eigenvalue weighted by Gasteiger charge is 2.28. The molecule has 1 aromatic rings. The molecule has 5 nitrogen and oxygen atoms in total. The predicted octanol–water partition coefficient (Wildman–Crippen LogP) is 2.77. The van der Waals surface area contributed by atoms with Crippen LogP contribution in [-0.4, -0.2) is 60.0 Å². The van der Waals surface area contributed by atoms with Gasteiger partial charge in [-0.2, -0.15) is 0 Å². The van der Waals surface area contributed by atoms with Crippen molar-refractivity contribution in [1.29, 1.82) is 0 Å². The molecule has 1 amide bonds. The van der Waals surface area contributed by atoms with Crippen molar-refractivity contribution in [2.45, 2.75) is 46.1 Å². The fraction of sp³-hybridized carbons (Fsp3) is 0.684. The van der Waals surface area contributed by atoms with E-state index in [4.69, 9.17) is 4.74 Å². The number of likely N-dealkylation sites (tertiary alicyclic amines) is 1. The van der Waals surface area contributed by atoms with E-state index in [-0.39, 0.29) is 11.9 Å². The molecular weight excluding hydrogens is 302 g/mol. The average Bonchev–Trinajstić information content (AvgIpc) is 3.00. The Morgan fingerprint density at radius 3 is 2.67 bits per heavy atom. The highest BCUT2D eigenvalue weighted by Crippen LogP contribution is 2.26. The van der Waals surface area contributed by atoms with Crippen LogP contribution in [0.15, 0.2) is 18.3 Å². The fourth-order valence-corrected chi connectivity index (χ4v) is 3.25. The van der Waals surface area contributed by atoms with Gasteiger partial charge >= 0.3 is 0 Å². The third-order valence-electron chi connectivity index (χ3n) is 4.55. The number of nitrogens with zero attached hydrogens (tertiary/aromatic N) is 3. The molecule has 1 saturated heterocycles. The van der Waals surface area contributed by atoms with Crippen LogP contribution < -0.4 is 4.74 Å². The number of hydrogen-bond donors (Lipinski definition) is 0. The minimum absolute atomic E-state index is 0.238. The summed E-state index contributed by atoms with van der Waals surface area (Å²) in [6, 6.07) is 4.24. The topological polar surface area (TPSA) is 45.7 Å². The normalized spacial score (nSPS) is 18.4. The summed E-state index contributed by atoms with van der Waals surface area (Å²) in [4.78, 5) is 21.4. The van der Waals surface area contributed by atoms with E-state index in [1.54, 1.807) is 13.3 Å². The number of carbonyl (C=O) groups excluding carboxylic acids is 1. The summed E-state index contributed by atoms with van der Waals surface area (Å²) in [6.07, 6.45) is 2.82. The molecule has 1 fully saturated rings. The van der Waals surface area contributed by atoms with Crippen molar-refractivity contribution in [3.8, 4) is 5.75 Å². The van der Waals surface area contributed by atoms with Crippen LogP contribution >= 0.6 is 0 Å². The predicted molar refractivity (Wildman–Crippen MR) is 96.3 cm³/mol. The molecule has 2 heterocycles. The van der Waals surface area contributed by atoms with Crippen LogP contribution in [0.3, 0.4) is 0 Å². The first-order valence-electron chi connectivity index (χ1n) is 8.92. The van der Waals surface area contributed by atoms with Gasteiger partial charge in [-0.3, -0.25) is 14.7 Å². The number of carbonyl (C=O) groups is 1. The van der Waals surface area contributed by atoms with E-state index >= 15 is 0 Å². The number of rotatable bonds is 7. The maximum atomic E-state index is 12.7. The van der Waals surface area contributed by atoms with Gasteiger partial charge in [0, 0.05) is 30.7 Å². The maximum Gasteiger partial charge on any atom is 0.236 e. The Labute approximate surface area is 146 Å². The molecule has 0 N–H and O–H groups in total. The number of hydrogen-bond acceptors (Lipinski definition) is 4. The minimum Gasteiger partial charge on any atom is -0.495 e. The molecule has 5 heteroatoms. The molecule has 0 aromatic carbocycles. The Bertz CT molecular complexity index is 528. The van der Waals surface area contributed by atoms with Crippen LogP contribution in [0.2, 0.25) is 0 Å². The number of amides is 1. The van der Waals surface area contributed by atoms with Crippen molar-refractivity contribution in [1.82, 2.24) is 14.8 Å². The molecule has 0 aliphatic carbocycles. The van der Waals surface area contributed by atoms with Gasteiger partial charge in [0.05, 0.1) is 19.9 Å². The van der Waals surface area contributed by atoms with E-state index in [0.717, 1.165) is 37.5 Å². The number of methoxy groups -OCH3 is 1. The third kappa shape index (κ3) is 4.94. The first-order valence-corrected chi connectivity index (χ1v) is 8.92. The fourth-order valence-electron chi connectivity index (χ4n) is 3.25. The zero-order chi connectivity index (χ0) is 17.7. The Balaban J connectivity index is 1.91. The summed E-state index contributed by atoms with van der Waals surface area (Å²) in [5.74, 6) is 1.92. The van der Waals surface area contributed by atoms with E-state index in [0.29, 0.717) is 18.4 Å². The second kappa shape index (κ2) is 8.47. The third-order valence-corrected chi connectivity index (χ3v) is 4.55. The summed E-state index contributed by atoms with van der Waals surface area (Å²) in [7, 11) is 1.65. The molecule has 0 radical (unpaired) electrons. The van der Waals surface area contributed by atoms with Crippen molar-refractivity contribution in [3.05, 3.63) is 24.0 Å².